The van der Waals surface area contributed by atoms with Gasteiger partial charge in [0, 0.05) is 17.2 Å². The van der Waals surface area contributed by atoms with Crippen molar-refractivity contribution in [3.8, 4) is 0 Å². The summed E-state index contributed by atoms with van der Waals surface area (Å²) in [4.78, 5) is 22.6. The van der Waals surface area contributed by atoms with Crippen LogP contribution in [-0.4, -0.2) is 25.0 Å². The second-order valence-corrected chi connectivity index (χ2v) is 3.58. The molecule has 2 N–H and O–H groups in total. The molecule has 0 aromatic heterocycles. The monoisotopic (exact) mass is 256 g/mol. The molecule has 0 unspecified atom stereocenters. The second-order valence-electron chi connectivity index (χ2n) is 3.15. The lowest BCUT2D eigenvalue weighted by Crippen LogP contribution is -2.43. The van der Waals surface area contributed by atoms with Gasteiger partial charge in [-0.1, -0.05) is 11.6 Å². The highest BCUT2D eigenvalue weighted by atomic mass is 35.5. The van der Waals surface area contributed by atoms with Crippen LogP contribution in [0.5, 0.6) is 0 Å². The third kappa shape index (κ3) is 4.84. The van der Waals surface area contributed by atoms with Crippen LogP contribution < -0.4 is 10.9 Å². The zero-order valence-electron chi connectivity index (χ0n) is 9.33. The van der Waals surface area contributed by atoms with E-state index in [1.807, 2.05) is 0 Å². The number of rotatable bonds is 4. The van der Waals surface area contributed by atoms with Crippen LogP contribution in [0.3, 0.4) is 0 Å². The van der Waals surface area contributed by atoms with Crippen LogP contribution in [-0.2, 0) is 9.53 Å². The van der Waals surface area contributed by atoms with Gasteiger partial charge in [0.15, 0.2) is 0 Å². The lowest BCUT2D eigenvalue weighted by Gasteiger charge is -2.07. The van der Waals surface area contributed by atoms with E-state index in [9.17, 15) is 9.59 Å². The molecule has 0 aliphatic rings. The number of carbonyl (C=O) groups excluding carboxylic acids is 2. The lowest BCUT2D eigenvalue weighted by atomic mass is 10.2. The van der Waals surface area contributed by atoms with Crippen molar-refractivity contribution < 1.29 is 14.3 Å². The van der Waals surface area contributed by atoms with Gasteiger partial charge in [0.1, 0.15) is 6.61 Å². The van der Waals surface area contributed by atoms with Crippen molar-refractivity contribution in [2.45, 2.75) is 6.92 Å². The Hall–Kier alpha value is -1.59. The van der Waals surface area contributed by atoms with Gasteiger partial charge >= 0.3 is 0 Å². The summed E-state index contributed by atoms with van der Waals surface area (Å²) in [5.74, 6) is -0.819. The smallest absolute Gasteiger partial charge is 0.269 e. The minimum absolute atomic E-state index is 0.0859. The molecule has 17 heavy (non-hydrogen) atoms. The molecule has 1 aromatic carbocycles. The summed E-state index contributed by atoms with van der Waals surface area (Å²) in [6, 6.07) is 6.32. The van der Waals surface area contributed by atoms with Gasteiger partial charge < -0.3 is 4.74 Å². The largest absolute Gasteiger partial charge is 0.372 e. The Morgan fingerprint density at radius 3 is 2.47 bits per heavy atom. The molecule has 0 bridgehead atoms. The molecule has 0 saturated heterocycles. The molecule has 0 atom stereocenters. The molecule has 92 valence electrons. The first-order chi connectivity index (χ1) is 8.13. The zero-order valence-corrected chi connectivity index (χ0v) is 10.1. The van der Waals surface area contributed by atoms with Crippen molar-refractivity contribution in [2.75, 3.05) is 13.2 Å². The lowest BCUT2D eigenvalue weighted by molar-refractivity contribution is -0.126. The van der Waals surface area contributed by atoms with Gasteiger partial charge in [-0.3, -0.25) is 20.4 Å². The van der Waals surface area contributed by atoms with Crippen molar-refractivity contribution in [3.05, 3.63) is 34.9 Å². The Labute approximate surface area is 104 Å². The Kier molecular flexibility index (Phi) is 5.45. The van der Waals surface area contributed by atoms with E-state index in [4.69, 9.17) is 16.3 Å². The predicted octanol–water partition coefficient (Wildman–Crippen LogP) is 1.14. The van der Waals surface area contributed by atoms with Crippen LogP contribution in [0.4, 0.5) is 0 Å². The molecule has 0 radical (unpaired) electrons. The van der Waals surface area contributed by atoms with Crippen LogP contribution in [0.25, 0.3) is 0 Å². The summed E-state index contributed by atoms with van der Waals surface area (Å²) in [7, 11) is 0. The number of hydrogen-bond acceptors (Lipinski definition) is 3. The van der Waals surface area contributed by atoms with Crippen molar-refractivity contribution in [1.29, 1.82) is 0 Å². The third-order valence-electron chi connectivity index (χ3n) is 1.86. The molecule has 1 aromatic rings. The fourth-order valence-corrected chi connectivity index (χ4v) is 1.16. The maximum absolute atomic E-state index is 11.5. The Balaban J connectivity index is 2.39. The number of halogens is 1. The third-order valence-corrected chi connectivity index (χ3v) is 2.11. The van der Waals surface area contributed by atoms with E-state index in [0.717, 1.165) is 0 Å². The maximum atomic E-state index is 11.5. The van der Waals surface area contributed by atoms with Crippen LogP contribution in [0.2, 0.25) is 5.02 Å². The summed E-state index contributed by atoms with van der Waals surface area (Å²) < 4.78 is 4.87. The van der Waals surface area contributed by atoms with E-state index in [2.05, 4.69) is 10.9 Å². The van der Waals surface area contributed by atoms with Crippen molar-refractivity contribution in [2.24, 2.45) is 0 Å². The van der Waals surface area contributed by atoms with Gasteiger partial charge in [-0.25, -0.2) is 0 Å². The van der Waals surface area contributed by atoms with Gasteiger partial charge in [0.2, 0.25) is 0 Å². The van der Waals surface area contributed by atoms with Gasteiger partial charge in [0.25, 0.3) is 11.8 Å². The van der Waals surface area contributed by atoms with Crippen LogP contribution in [0.15, 0.2) is 24.3 Å². The molecular formula is C11H13ClN2O3. The van der Waals surface area contributed by atoms with Crippen molar-refractivity contribution >= 4 is 23.4 Å². The topological polar surface area (TPSA) is 67.4 Å². The maximum Gasteiger partial charge on any atom is 0.269 e. The van der Waals surface area contributed by atoms with Crippen molar-refractivity contribution in [3.63, 3.8) is 0 Å². The number of carbonyl (C=O) groups is 2. The van der Waals surface area contributed by atoms with Crippen LogP contribution in [0.1, 0.15) is 17.3 Å². The molecular weight excluding hydrogens is 244 g/mol. The normalized spacial score (nSPS) is 9.76. The molecule has 6 heteroatoms. The quantitative estimate of drug-likeness (QED) is 0.794. The number of nitrogens with one attached hydrogen (secondary N) is 2. The summed E-state index contributed by atoms with van der Waals surface area (Å²) in [5.41, 5.74) is 4.91. The molecule has 0 heterocycles. The van der Waals surface area contributed by atoms with Crippen LogP contribution in [0, 0.1) is 0 Å². The van der Waals surface area contributed by atoms with Gasteiger partial charge in [-0.05, 0) is 31.2 Å². The van der Waals surface area contributed by atoms with E-state index < -0.39 is 11.8 Å². The van der Waals surface area contributed by atoms with E-state index in [1.54, 1.807) is 31.2 Å². The highest BCUT2D eigenvalue weighted by Crippen LogP contribution is 2.08. The Morgan fingerprint density at radius 2 is 1.88 bits per heavy atom. The fraction of sp³-hybridized carbons (Fsp3) is 0.273. The van der Waals surface area contributed by atoms with Crippen LogP contribution >= 0.6 is 11.6 Å². The predicted molar refractivity (Wildman–Crippen MR) is 63.6 cm³/mol. The standard InChI is InChI=1S/C11H13ClN2O3/c1-2-17-7-10(15)13-14-11(16)8-3-5-9(12)6-4-8/h3-6H,2,7H2,1H3,(H,13,15)(H,14,16). The Morgan fingerprint density at radius 1 is 1.24 bits per heavy atom. The fourth-order valence-electron chi connectivity index (χ4n) is 1.03. The highest BCUT2D eigenvalue weighted by molar-refractivity contribution is 6.30. The SMILES string of the molecule is CCOCC(=O)NNC(=O)c1ccc(Cl)cc1. The highest BCUT2D eigenvalue weighted by Gasteiger charge is 2.06. The number of hydrazine groups is 1. The van der Waals surface area contributed by atoms with E-state index >= 15 is 0 Å². The summed E-state index contributed by atoms with van der Waals surface area (Å²) in [5, 5.41) is 0.543. The second kappa shape index (κ2) is 6.88. The number of benzene rings is 1. The van der Waals surface area contributed by atoms with Gasteiger partial charge in [0.05, 0.1) is 0 Å². The molecule has 5 nitrogen and oxygen atoms in total. The summed E-state index contributed by atoms with van der Waals surface area (Å²) in [6.07, 6.45) is 0. The first kappa shape index (κ1) is 13.5. The molecule has 0 saturated carbocycles. The first-order valence-electron chi connectivity index (χ1n) is 5.06. The van der Waals surface area contributed by atoms with E-state index in [0.29, 0.717) is 17.2 Å². The van der Waals surface area contributed by atoms with Gasteiger partial charge in [-0.15, -0.1) is 0 Å². The minimum Gasteiger partial charge on any atom is -0.372 e. The molecule has 0 aliphatic carbocycles. The molecule has 0 aliphatic heterocycles. The average molecular weight is 257 g/mol. The molecule has 1 rings (SSSR count). The number of ether oxygens (including phenoxy) is 1. The summed E-state index contributed by atoms with van der Waals surface area (Å²) >= 11 is 5.68. The van der Waals surface area contributed by atoms with Gasteiger partial charge in [-0.2, -0.15) is 0 Å². The molecule has 0 spiro atoms. The average Bonchev–Trinajstić information content (AvgIpc) is 2.34. The number of hydrogen-bond donors (Lipinski definition) is 2. The van der Waals surface area contributed by atoms with Crippen molar-refractivity contribution in [1.82, 2.24) is 10.9 Å². The minimum atomic E-state index is -0.411. The summed E-state index contributed by atoms with van der Waals surface area (Å²) in [6.45, 7) is 2.13. The Bertz CT molecular complexity index is 392. The zero-order chi connectivity index (χ0) is 12.7. The number of amides is 2. The molecule has 2 amide bonds. The van der Waals surface area contributed by atoms with E-state index in [1.165, 1.54) is 0 Å². The molecule has 0 fully saturated rings. The van der Waals surface area contributed by atoms with E-state index in [-0.39, 0.29) is 6.61 Å². The first-order valence-corrected chi connectivity index (χ1v) is 5.43.